The van der Waals surface area contributed by atoms with Gasteiger partial charge in [0, 0.05) is 157 Å². The molecule has 0 amide bonds. The molecule has 28 heteroatoms. The minimum atomic E-state index is 0.889. The number of pyridine rings is 3. The zero-order valence-corrected chi connectivity index (χ0v) is 95.4. The van der Waals surface area contributed by atoms with Crippen molar-refractivity contribution in [1.82, 2.24) is 131 Å². The Morgan fingerprint density at radius 2 is 0.550 bits per heavy atom. The van der Waals surface area contributed by atoms with Gasteiger partial charge in [0.2, 0.25) is 0 Å². The summed E-state index contributed by atoms with van der Waals surface area (Å²) in [5.41, 5.74) is 4.91. The van der Waals surface area contributed by atoms with Crippen LogP contribution in [-0.2, 0) is 0 Å². The second-order valence-electron chi connectivity index (χ2n) is 21.9. The number of nitrogens with zero attached hydrogens (tertiary/aromatic N) is 28. The highest BCUT2D eigenvalue weighted by molar-refractivity contribution is 5.82. The van der Waals surface area contributed by atoms with E-state index < -0.39 is 0 Å². The number of hydrogen-bond donors (Lipinski definition) is 0. The number of fused-ring (bicyclic) bond motifs is 6. The van der Waals surface area contributed by atoms with Crippen molar-refractivity contribution in [1.29, 1.82) is 0 Å². The van der Waals surface area contributed by atoms with E-state index in [1.54, 1.807) is 142 Å². The predicted octanol–water partition coefficient (Wildman–Crippen LogP) is 32.6. The van der Waals surface area contributed by atoms with E-state index in [2.05, 4.69) is 190 Å². The zero-order valence-electron chi connectivity index (χ0n) is 95.4. The molecule has 800 valence electrons. The molecule has 0 fully saturated rings. The number of benzene rings is 6. The Morgan fingerprint density at radius 3 is 0.852 bits per heavy atom. The van der Waals surface area contributed by atoms with E-state index in [4.69, 9.17) is 0 Å². The van der Waals surface area contributed by atoms with E-state index in [1.807, 2.05) is 447 Å². The maximum atomic E-state index is 4.18. The third-order valence-electron chi connectivity index (χ3n) is 13.7. The van der Waals surface area contributed by atoms with Crippen molar-refractivity contribution in [2.45, 2.75) is 234 Å². The van der Waals surface area contributed by atoms with Crippen LogP contribution in [0.5, 0.6) is 0 Å². The fourth-order valence-electron chi connectivity index (χ4n) is 8.43. The molecule has 0 saturated heterocycles. The Morgan fingerprint density at radius 1 is 0.181 bits per heavy atom. The molecule has 0 spiro atoms. The van der Waals surface area contributed by atoms with E-state index in [0.29, 0.717) is 0 Å². The van der Waals surface area contributed by atoms with Gasteiger partial charge in [0.15, 0.2) is 0 Å². The summed E-state index contributed by atoms with van der Waals surface area (Å²) in [4.78, 5) is 64.9. The summed E-state index contributed by atoms with van der Waals surface area (Å²) in [6.07, 6.45) is 69.6. The molecule has 0 bridgehead atoms. The lowest BCUT2D eigenvalue weighted by atomic mass is 10.2. The summed E-state index contributed by atoms with van der Waals surface area (Å²) in [6.45, 7) is 64.9. The van der Waals surface area contributed by atoms with Crippen molar-refractivity contribution >= 4 is 77.7 Å². The molecule has 15 heterocycles. The van der Waals surface area contributed by atoms with Gasteiger partial charge in [0.05, 0.1) is 71.3 Å². The highest BCUT2D eigenvalue weighted by Gasteiger charge is 1.93. The predicted molar refractivity (Wildman–Crippen MR) is 641 cm³/mol. The fourth-order valence-corrected chi connectivity index (χ4v) is 8.43. The second kappa shape index (κ2) is 144. The highest BCUT2D eigenvalue weighted by Crippen LogP contribution is 2.13. The molecule has 149 heavy (non-hydrogen) atoms. The molecule has 13 aromatic heterocycles. The molecule has 3 aliphatic rings. The van der Waals surface area contributed by atoms with Crippen molar-refractivity contribution in [3.05, 3.63) is 442 Å². The summed E-state index contributed by atoms with van der Waals surface area (Å²) in [5.74, 6) is 0. The first-order chi connectivity index (χ1) is 74.3. The van der Waals surface area contributed by atoms with Gasteiger partial charge >= 0.3 is 0 Å². The smallest absolute Gasteiger partial charge is 0.138 e. The average molecular weight is 2020 g/mol. The number of aromatic nitrogens is 26. The molecule has 28 nitrogen and oxygen atoms in total. The van der Waals surface area contributed by atoms with Gasteiger partial charge in [-0.3, -0.25) is 44.9 Å². The van der Waals surface area contributed by atoms with E-state index in [-0.39, 0.29) is 0 Å². The molecule has 22 rings (SSSR count). The van der Waals surface area contributed by atoms with Gasteiger partial charge in [-0.25, -0.2) is 39.9 Å². The number of rotatable bonds is 0. The van der Waals surface area contributed by atoms with Gasteiger partial charge in [-0.2, -0.15) is 35.7 Å². The minimum absolute atomic E-state index is 0.889. The Kier molecular flexibility index (Phi) is 148. The molecule has 0 unspecified atom stereocenters. The largest absolute Gasteiger partial charge is 0.289 e. The molecule has 6 aromatic carbocycles. The standard InChI is InChI=1S/2C9H7N.4C8H6N2.C5H5N.C5H6.3C4H4N2.2C4H5N.3C3H3N3.16C2H6/c1-2-6-9-8(4-1)5-3-7-10-9;1-2-4-9-7-10-6-5-8(9)3-1;1-2-4-8-7(3-1)5-9-6-10-8;1-2-4-8-6-10-9-5-7(8)3-1;1-2-4-8-7(3-1)9-5-6-10-8;1-2-4-8-7(3-1)5-6-9-10-8;1-2-4-6-5-3-1;1-2-4-5-3-1;1-2-6-4-3-5-1;1-2-5-4-6-3-1;1-2-4-6-5-3-1;2*1-2-4-5-3-1;1-4-2-6-3-5-1;1-2-5-6-3-4-1;1-2-4-6-5-3-1;16*1-2/h2*1-7H;4*1-6H;1-5H;1-4H,5H2;3*1-4H;1,3-4H,2H2;1-3H,4H2;3*1-3H;16*1-2H3. The molecule has 0 radical (unpaired) electrons. The van der Waals surface area contributed by atoms with Gasteiger partial charge in [0.25, 0.3) is 0 Å². The molecule has 19 aromatic rings. The summed E-state index contributed by atoms with van der Waals surface area (Å²) in [6, 6.07) is 68.7. The van der Waals surface area contributed by atoms with E-state index >= 15 is 0 Å². The van der Waals surface area contributed by atoms with Gasteiger partial charge in [0.1, 0.15) is 38.0 Å². The van der Waals surface area contributed by atoms with Crippen LogP contribution in [0.25, 0.3) is 65.3 Å². The van der Waals surface area contributed by atoms with Crippen molar-refractivity contribution in [3.63, 3.8) is 0 Å². The van der Waals surface area contributed by atoms with Crippen molar-refractivity contribution in [2.24, 2.45) is 9.98 Å². The van der Waals surface area contributed by atoms with Crippen LogP contribution < -0.4 is 0 Å². The lowest BCUT2D eigenvalue weighted by molar-refractivity contribution is 0.865. The minimum Gasteiger partial charge on any atom is -0.289 e. The van der Waals surface area contributed by atoms with Crippen molar-refractivity contribution in [2.75, 3.05) is 6.54 Å². The molecular weight excluding hydrogens is 1850 g/mol. The Balaban J connectivity index is -0.000000171. The van der Waals surface area contributed by atoms with Crippen LogP contribution in [0.1, 0.15) is 234 Å². The van der Waals surface area contributed by atoms with Crippen LogP contribution in [0.3, 0.4) is 0 Å². The molecule has 0 atom stereocenters. The molecule has 1 aliphatic carbocycles. The van der Waals surface area contributed by atoms with Crippen LogP contribution in [-0.4, -0.2) is 150 Å². The summed E-state index contributed by atoms with van der Waals surface area (Å²) < 4.78 is 0. The maximum Gasteiger partial charge on any atom is 0.138 e. The van der Waals surface area contributed by atoms with Gasteiger partial charge in [-0.1, -0.05) is 385 Å². The molecule has 2 aliphatic heterocycles. The molecule has 0 N–H and O–H groups in total. The van der Waals surface area contributed by atoms with Gasteiger partial charge in [-0.05, 0) is 113 Å². The first-order valence-electron chi connectivity index (χ1n) is 51.8. The van der Waals surface area contributed by atoms with Gasteiger partial charge < -0.3 is 0 Å². The van der Waals surface area contributed by atoms with Crippen molar-refractivity contribution in [3.8, 4) is 0 Å². The Bertz CT molecular complexity index is 4240. The van der Waals surface area contributed by atoms with Crippen LogP contribution in [0, 0.1) is 0 Å². The maximum absolute atomic E-state index is 4.18. The second-order valence-corrected chi connectivity index (χ2v) is 21.9. The van der Waals surface area contributed by atoms with E-state index in [1.165, 1.54) is 54.0 Å². The molecule has 0 saturated carbocycles. The normalized spacial score (nSPS) is 8.70. The SMILES string of the molecule is C1=CCC=C1.C1=CCN=C1.C1=CN=CC1.CC.CC.CC.CC.CC.CC.CC.CC.CC.CC.CC.CC.CC.CC.CC.CC.c1ccc2cnccc2c1.c1ccc2cnncc2c1.c1ccc2ncccc2c1.c1ccc2nccnc2c1.c1ccc2ncncc2c1.c1ccc2nnccc2c1.c1ccncc1.c1ccnnc1.c1cnccn1.c1cncnc1.c1cnncn1.c1cnnnc1.c1ncncn1. The van der Waals surface area contributed by atoms with E-state index in [0.717, 1.165) is 68.5 Å². The topological polar surface area (TPSA) is 360 Å². The average Bonchev–Trinajstić information content (AvgIpc) is 1.40. The Labute approximate surface area is 895 Å². The third-order valence-corrected chi connectivity index (χ3v) is 13.7. The number of para-hydroxylation sites is 4. The van der Waals surface area contributed by atoms with Crippen LogP contribution in [0.4, 0.5) is 0 Å². The number of hydrogen-bond acceptors (Lipinski definition) is 28. The highest BCUT2D eigenvalue weighted by atomic mass is 15.3. The van der Waals surface area contributed by atoms with Crippen molar-refractivity contribution < 1.29 is 0 Å². The first-order valence-corrected chi connectivity index (χ1v) is 51.8. The number of aliphatic imine (C=N–C) groups is 2. The first kappa shape index (κ1) is 152. The quantitative estimate of drug-likeness (QED) is 0.136. The summed E-state index contributed by atoms with van der Waals surface area (Å²) >= 11 is 0. The summed E-state index contributed by atoms with van der Waals surface area (Å²) in [7, 11) is 0. The summed E-state index contributed by atoms with van der Waals surface area (Å²) in [5, 5.41) is 47.5. The van der Waals surface area contributed by atoms with Crippen LogP contribution in [0.15, 0.2) is 452 Å². The lowest BCUT2D eigenvalue weighted by Gasteiger charge is -1.91. The molecular formula is C121H176N28. The van der Waals surface area contributed by atoms with Crippen LogP contribution in [0.2, 0.25) is 0 Å². The monoisotopic (exact) mass is 2020 g/mol. The fraction of sp³-hybridized carbons (Fsp3) is 0.289. The third kappa shape index (κ3) is 99.7. The van der Waals surface area contributed by atoms with Crippen LogP contribution >= 0.6 is 0 Å². The van der Waals surface area contributed by atoms with Gasteiger partial charge in [-0.15, -0.1) is 15.3 Å². The zero-order chi connectivity index (χ0) is 113. The Hall–Kier alpha value is -16.8. The lowest BCUT2D eigenvalue weighted by Crippen LogP contribution is -1.79. The van der Waals surface area contributed by atoms with E-state index in [9.17, 15) is 0 Å². The number of allylic oxidation sites excluding steroid dienone is 6.